The summed E-state index contributed by atoms with van der Waals surface area (Å²) in [6, 6.07) is 9.50. The monoisotopic (exact) mass is 258 g/mol. The molecular weight excluding hydrogens is 244 g/mol. The zero-order valence-electron chi connectivity index (χ0n) is 10.3. The predicted molar refractivity (Wildman–Crippen MR) is 75.2 cm³/mol. The number of hydrogen-bond donors (Lipinski definition) is 1. The summed E-state index contributed by atoms with van der Waals surface area (Å²) in [5, 5.41) is 2.84. The topological polar surface area (TPSA) is 42.0 Å². The van der Waals surface area contributed by atoms with E-state index < -0.39 is 0 Å². The highest BCUT2D eigenvalue weighted by atomic mass is 32.2. The number of benzene rings is 1. The maximum Gasteiger partial charge on any atom is 0.256 e. The third kappa shape index (κ3) is 2.90. The fourth-order valence-electron chi connectivity index (χ4n) is 1.61. The van der Waals surface area contributed by atoms with Crippen molar-refractivity contribution in [2.75, 3.05) is 11.6 Å². The fraction of sp³-hybridized carbons (Fsp3) is 0.143. The smallest absolute Gasteiger partial charge is 0.256 e. The predicted octanol–water partition coefficient (Wildman–Crippen LogP) is 3.36. The Morgan fingerprint density at radius 3 is 2.83 bits per heavy atom. The van der Waals surface area contributed by atoms with E-state index in [4.69, 9.17) is 0 Å². The van der Waals surface area contributed by atoms with Gasteiger partial charge in [-0.2, -0.15) is 0 Å². The van der Waals surface area contributed by atoms with Crippen LogP contribution in [0, 0.1) is 6.92 Å². The highest BCUT2D eigenvalue weighted by Crippen LogP contribution is 2.20. The maximum atomic E-state index is 12.2. The van der Waals surface area contributed by atoms with Gasteiger partial charge in [-0.25, -0.2) is 0 Å². The minimum atomic E-state index is -0.101. The second kappa shape index (κ2) is 5.69. The molecule has 0 fully saturated rings. The molecule has 0 atom stereocenters. The molecule has 1 aromatic heterocycles. The van der Waals surface area contributed by atoms with Crippen LogP contribution in [0.1, 0.15) is 15.9 Å². The summed E-state index contributed by atoms with van der Waals surface area (Å²) in [6.07, 6.45) is 5.30. The van der Waals surface area contributed by atoms with Crippen molar-refractivity contribution in [3.05, 3.63) is 53.9 Å². The first-order valence-electron chi connectivity index (χ1n) is 5.56. The van der Waals surface area contributed by atoms with Crippen molar-refractivity contribution in [1.82, 2.24) is 4.98 Å². The summed E-state index contributed by atoms with van der Waals surface area (Å²) in [4.78, 5) is 17.2. The van der Waals surface area contributed by atoms with E-state index in [2.05, 4.69) is 10.3 Å². The van der Waals surface area contributed by atoms with Gasteiger partial charge in [0, 0.05) is 16.7 Å². The van der Waals surface area contributed by atoms with Crippen LogP contribution in [0.3, 0.4) is 0 Å². The summed E-state index contributed by atoms with van der Waals surface area (Å²) in [6.45, 7) is 1.93. The summed E-state index contributed by atoms with van der Waals surface area (Å²) in [5.41, 5.74) is 2.37. The zero-order chi connectivity index (χ0) is 13.0. The van der Waals surface area contributed by atoms with Gasteiger partial charge in [-0.1, -0.05) is 6.07 Å². The van der Waals surface area contributed by atoms with Gasteiger partial charge >= 0.3 is 0 Å². The van der Waals surface area contributed by atoms with Crippen LogP contribution in [0.4, 0.5) is 5.69 Å². The van der Waals surface area contributed by atoms with Crippen molar-refractivity contribution >= 4 is 23.4 Å². The Morgan fingerprint density at radius 1 is 1.33 bits per heavy atom. The van der Waals surface area contributed by atoms with Crippen molar-refractivity contribution < 1.29 is 4.79 Å². The van der Waals surface area contributed by atoms with Crippen LogP contribution in [0.15, 0.2) is 47.6 Å². The molecule has 1 aromatic carbocycles. The molecule has 2 rings (SSSR count). The quantitative estimate of drug-likeness (QED) is 0.858. The number of carbonyl (C=O) groups is 1. The second-order valence-electron chi connectivity index (χ2n) is 3.88. The number of thioether (sulfide) groups is 1. The van der Waals surface area contributed by atoms with E-state index in [0.29, 0.717) is 11.3 Å². The van der Waals surface area contributed by atoms with Crippen LogP contribution in [0.5, 0.6) is 0 Å². The van der Waals surface area contributed by atoms with Gasteiger partial charge in [0.2, 0.25) is 0 Å². The molecule has 1 N–H and O–H groups in total. The summed E-state index contributed by atoms with van der Waals surface area (Å²) in [5.74, 6) is -0.101. The number of pyridine rings is 1. The van der Waals surface area contributed by atoms with Gasteiger partial charge < -0.3 is 5.32 Å². The lowest BCUT2D eigenvalue weighted by molar-refractivity contribution is 0.102. The molecule has 0 bridgehead atoms. The van der Waals surface area contributed by atoms with E-state index in [0.717, 1.165) is 10.5 Å². The minimum Gasteiger partial charge on any atom is -0.321 e. The number of anilines is 1. The average Bonchev–Trinajstić information content (AvgIpc) is 2.40. The Kier molecular flexibility index (Phi) is 3.99. The number of aryl methyl sites for hydroxylation is 1. The molecule has 92 valence electrons. The van der Waals surface area contributed by atoms with E-state index >= 15 is 0 Å². The van der Waals surface area contributed by atoms with Gasteiger partial charge in [0.25, 0.3) is 5.91 Å². The number of amides is 1. The molecule has 0 aliphatic heterocycles. The molecule has 0 aliphatic rings. The molecule has 3 nitrogen and oxygen atoms in total. The van der Waals surface area contributed by atoms with Crippen molar-refractivity contribution in [3.63, 3.8) is 0 Å². The lowest BCUT2D eigenvalue weighted by Crippen LogP contribution is -2.13. The van der Waals surface area contributed by atoms with Crippen LogP contribution >= 0.6 is 11.8 Å². The largest absolute Gasteiger partial charge is 0.321 e. The van der Waals surface area contributed by atoms with Gasteiger partial charge in [0.05, 0.1) is 11.9 Å². The fourth-order valence-corrected chi connectivity index (χ4v) is 2.05. The average molecular weight is 258 g/mol. The van der Waals surface area contributed by atoms with Crippen molar-refractivity contribution in [2.24, 2.45) is 0 Å². The number of hydrogen-bond acceptors (Lipinski definition) is 3. The normalized spacial score (nSPS) is 10.1. The standard InChI is InChI=1S/C14H14N2OS/c1-10-5-6-12(18-2)8-13(10)14(17)16-11-4-3-7-15-9-11/h3-9H,1-2H3,(H,16,17). The molecule has 1 heterocycles. The van der Waals surface area contributed by atoms with E-state index in [1.165, 1.54) is 0 Å². The van der Waals surface area contributed by atoms with Gasteiger partial charge in [-0.3, -0.25) is 9.78 Å². The molecule has 2 aromatic rings. The number of rotatable bonds is 3. The van der Waals surface area contributed by atoms with E-state index in [9.17, 15) is 4.79 Å². The molecule has 0 saturated carbocycles. The highest BCUT2D eigenvalue weighted by Gasteiger charge is 2.10. The van der Waals surface area contributed by atoms with Crippen LogP contribution < -0.4 is 5.32 Å². The van der Waals surface area contributed by atoms with E-state index in [1.54, 1.807) is 30.2 Å². The Balaban J connectivity index is 2.23. The van der Waals surface area contributed by atoms with Crippen LogP contribution in [0.2, 0.25) is 0 Å². The minimum absolute atomic E-state index is 0.101. The summed E-state index contributed by atoms with van der Waals surface area (Å²) >= 11 is 1.62. The van der Waals surface area contributed by atoms with Crippen molar-refractivity contribution in [2.45, 2.75) is 11.8 Å². The molecule has 0 radical (unpaired) electrons. The molecule has 18 heavy (non-hydrogen) atoms. The SMILES string of the molecule is CSc1ccc(C)c(C(=O)Nc2cccnc2)c1. The Morgan fingerprint density at radius 2 is 2.17 bits per heavy atom. The summed E-state index contributed by atoms with van der Waals surface area (Å²) < 4.78 is 0. The third-order valence-electron chi connectivity index (χ3n) is 2.61. The van der Waals surface area contributed by atoms with Crippen molar-refractivity contribution in [3.8, 4) is 0 Å². The lowest BCUT2D eigenvalue weighted by atomic mass is 10.1. The molecule has 1 amide bonds. The Hall–Kier alpha value is -1.81. The van der Waals surface area contributed by atoms with Crippen LogP contribution in [-0.2, 0) is 0 Å². The van der Waals surface area contributed by atoms with Gasteiger partial charge in [-0.05, 0) is 43.0 Å². The number of aromatic nitrogens is 1. The second-order valence-corrected chi connectivity index (χ2v) is 4.76. The number of carbonyl (C=O) groups excluding carboxylic acids is 1. The first-order chi connectivity index (χ1) is 8.70. The highest BCUT2D eigenvalue weighted by molar-refractivity contribution is 7.98. The van der Waals surface area contributed by atoms with E-state index in [1.807, 2.05) is 37.4 Å². The molecule has 4 heteroatoms. The van der Waals surface area contributed by atoms with Crippen LogP contribution in [-0.4, -0.2) is 17.1 Å². The molecular formula is C14H14N2OS. The first-order valence-corrected chi connectivity index (χ1v) is 6.79. The molecule has 0 saturated heterocycles. The van der Waals surface area contributed by atoms with Gasteiger partial charge in [0.1, 0.15) is 0 Å². The molecule has 0 aliphatic carbocycles. The first kappa shape index (κ1) is 12.6. The third-order valence-corrected chi connectivity index (χ3v) is 3.33. The van der Waals surface area contributed by atoms with Crippen LogP contribution in [0.25, 0.3) is 0 Å². The summed E-state index contributed by atoms with van der Waals surface area (Å²) in [7, 11) is 0. The van der Waals surface area contributed by atoms with Gasteiger partial charge in [-0.15, -0.1) is 11.8 Å². The Labute approximate surface area is 111 Å². The molecule has 0 spiro atoms. The van der Waals surface area contributed by atoms with Crippen molar-refractivity contribution in [1.29, 1.82) is 0 Å². The molecule has 0 unspecified atom stereocenters. The number of nitrogens with zero attached hydrogens (tertiary/aromatic N) is 1. The Bertz CT molecular complexity index is 555. The van der Waals surface area contributed by atoms with Gasteiger partial charge in [0.15, 0.2) is 0 Å². The zero-order valence-corrected chi connectivity index (χ0v) is 11.1. The number of nitrogens with one attached hydrogen (secondary N) is 1. The maximum absolute atomic E-state index is 12.2. The lowest BCUT2D eigenvalue weighted by Gasteiger charge is -2.08. The van der Waals surface area contributed by atoms with E-state index in [-0.39, 0.29) is 5.91 Å².